The fourth-order valence-electron chi connectivity index (χ4n) is 0.821. The van der Waals surface area contributed by atoms with Crippen LogP contribution in [0.25, 0.3) is 0 Å². The van der Waals surface area contributed by atoms with Gasteiger partial charge in [-0.15, -0.1) is 0 Å². The Hall–Kier alpha value is -0.650. The normalized spacial score (nSPS) is 11.4. The number of halogens is 3. The second kappa shape index (κ2) is 3.84. The lowest BCUT2D eigenvalue weighted by Gasteiger charge is -1.99. The molecule has 0 saturated heterocycles. The molecule has 1 aromatic carbocycles. The Morgan fingerprint density at radius 1 is 1.36 bits per heavy atom. The van der Waals surface area contributed by atoms with Crippen molar-refractivity contribution in [1.29, 1.82) is 0 Å². The first-order chi connectivity index (χ1) is 6.32. The molecule has 0 N–H and O–H groups in total. The Morgan fingerprint density at radius 3 is 2.29 bits per heavy atom. The van der Waals surface area contributed by atoms with Gasteiger partial charge in [0.1, 0.15) is 10.7 Å². The summed E-state index contributed by atoms with van der Waals surface area (Å²) in [6, 6.07) is 2.67. The number of hydrogen-bond donors (Lipinski definition) is 0. The predicted octanol–water partition coefficient (Wildman–Crippen LogP) is 2.13. The molecule has 0 saturated carbocycles. The minimum atomic E-state index is -4.13. The third kappa shape index (κ3) is 2.43. The minimum Gasteiger partial charge on any atom is -0.276 e. The van der Waals surface area contributed by atoms with Gasteiger partial charge in [0.25, 0.3) is 14.3 Å². The molecule has 0 spiro atoms. The van der Waals surface area contributed by atoms with E-state index in [9.17, 15) is 17.6 Å². The molecule has 76 valence electrons. The first-order valence-electron chi connectivity index (χ1n) is 3.26. The maximum Gasteiger partial charge on any atom is 0.264 e. The Bertz CT molecular complexity index is 484. The Balaban J connectivity index is 3.35. The summed E-state index contributed by atoms with van der Waals surface area (Å²) in [5, 5.41) is -0.873. The molecule has 0 amide bonds. The zero-order valence-corrected chi connectivity index (χ0v) is 8.83. The van der Waals surface area contributed by atoms with E-state index in [1.54, 1.807) is 0 Å². The van der Waals surface area contributed by atoms with Gasteiger partial charge in [0, 0.05) is 16.2 Å². The third-order valence-corrected chi connectivity index (χ3v) is 2.99. The van der Waals surface area contributed by atoms with Crippen LogP contribution in [0.5, 0.6) is 0 Å². The number of carbonyl (C=O) groups is 1. The summed E-state index contributed by atoms with van der Waals surface area (Å²) in [6.45, 7) is 0. The quantitative estimate of drug-likeness (QED) is 0.762. The van der Waals surface area contributed by atoms with E-state index >= 15 is 0 Å². The van der Waals surface area contributed by atoms with Crippen molar-refractivity contribution >= 4 is 36.6 Å². The zero-order chi connectivity index (χ0) is 10.9. The molecule has 7 heteroatoms. The van der Waals surface area contributed by atoms with Crippen molar-refractivity contribution in [2.24, 2.45) is 0 Å². The van der Waals surface area contributed by atoms with Crippen molar-refractivity contribution in [2.75, 3.05) is 0 Å². The first kappa shape index (κ1) is 11.4. The van der Waals surface area contributed by atoms with Gasteiger partial charge in [0.2, 0.25) is 0 Å². The minimum absolute atomic E-state index is 0.131. The maximum absolute atomic E-state index is 13.0. The highest BCUT2D eigenvalue weighted by molar-refractivity contribution is 8.13. The van der Waals surface area contributed by atoms with Crippen LogP contribution in [0.1, 0.15) is 10.4 Å². The van der Waals surface area contributed by atoms with Crippen LogP contribution in [0, 0.1) is 5.82 Å². The smallest absolute Gasteiger partial charge is 0.264 e. The number of rotatable bonds is 2. The first-order valence-corrected chi connectivity index (χ1v) is 5.95. The second-order valence-corrected chi connectivity index (χ2v) is 5.23. The predicted molar refractivity (Wildman–Crippen MR) is 49.6 cm³/mol. The van der Waals surface area contributed by atoms with E-state index in [1.807, 2.05) is 0 Å². The highest BCUT2D eigenvalue weighted by atomic mass is 35.7. The topological polar surface area (TPSA) is 51.2 Å². The molecule has 0 unspecified atom stereocenters. The van der Waals surface area contributed by atoms with Gasteiger partial charge >= 0.3 is 0 Å². The van der Waals surface area contributed by atoms with Crippen molar-refractivity contribution in [2.45, 2.75) is 4.90 Å². The highest BCUT2D eigenvalue weighted by Crippen LogP contribution is 2.20. The summed E-state index contributed by atoms with van der Waals surface area (Å²) < 4.78 is 34.5. The molecule has 0 heterocycles. The summed E-state index contributed by atoms with van der Waals surface area (Å²) >= 11 is 5.05. The molecule has 0 aromatic heterocycles. The third-order valence-electron chi connectivity index (χ3n) is 1.42. The lowest BCUT2D eigenvalue weighted by molar-refractivity contribution is 0.108. The monoisotopic (exact) mass is 256 g/mol. The van der Waals surface area contributed by atoms with Gasteiger partial charge in [-0.3, -0.25) is 4.79 Å². The summed E-state index contributed by atoms with van der Waals surface area (Å²) in [5.41, 5.74) is -0.131. The van der Waals surface area contributed by atoms with Crippen LogP contribution < -0.4 is 0 Å². The SMILES string of the molecule is O=C(Cl)c1ccc(S(=O)(=O)Cl)c(F)c1. The zero-order valence-electron chi connectivity index (χ0n) is 6.50. The molecule has 0 atom stereocenters. The van der Waals surface area contributed by atoms with Crippen molar-refractivity contribution < 1.29 is 17.6 Å². The lowest BCUT2D eigenvalue weighted by atomic mass is 10.2. The number of carbonyl (C=O) groups excluding carboxylic acids is 1. The largest absolute Gasteiger partial charge is 0.276 e. The van der Waals surface area contributed by atoms with Gasteiger partial charge in [0.05, 0.1) is 0 Å². The van der Waals surface area contributed by atoms with E-state index < -0.39 is 25.0 Å². The molecule has 14 heavy (non-hydrogen) atoms. The van der Waals surface area contributed by atoms with E-state index in [0.29, 0.717) is 6.07 Å². The molecule has 0 bridgehead atoms. The van der Waals surface area contributed by atoms with Crippen LogP contribution in [-0.2, 0) is 9.05 Å². The van der Waals surface area contributed by atoms with Gasteiger partial charge < -0.3 is 0 Å². The van der Waals surface area contributed by atoms with Crippen molar-refractivity contribution in [1.82, 2.24) is 0 Å². The molecule has 0 aliphatic rings. The second-order valence-electron chi connectivity index (χ2n) is 2.36. The van der Waals surface area contributed by atoms with Crippen LogP contribution in [0.3, 0.4) is 0 Å². The Labute approximate surface area is 88.9 Å². The van der Waals surface area contributed by atoms with Gasteiger partial charge in [-0.05, 0) is 29.8 Å². The van der Waals surface area contributed by atoms with Gasteiger partial charge in [-0.1, -0.05) is 0 Å². The maximum atomic E-state index is 13.0. The van der Waals surface area contributed by atoms with Gasteiger partial charge in [-0.2, -0.15) is 0 Å². The van der Waals surface area contributed by atoms with E-state index in [4.69, 9.17) is 22.3 Å². The molecule has 1 rings (SSSR count). The summed E-state index contributed by atoms with van der Waals surface area (Å²) in [6.07, 6.45) is 0. The number of benzene rings is 1. The molecule has 3 nitrogen and oxygen atoms in total. The summed E-state index contributed by atoms with van der Waals surface area (Å²) in [7, 11) is 0.777. The van der Waals surface area contributed by atoms with Gasteiger partial charge in [0.15, 0.2) is 0 Å². The van der Waals surface area contributed by atoms with Crippen LogP contribution in [0.4, 0.5) is 4.39 Å². The fraction of sp³-hybridized carbons (Fsp3) is 0. The number of hydrogen-bond acceptors (Lipinski definition) is 3. The highest BCUT2D eigenvalue weighted by Gasteiger charge is 2.17. The molecule has 1 aromatic rings. The van der Waals surface area contributed by atoms with Crippen molar-refractivity contribution in [3.8, 4) is 0 Å². The van der Waals surface area contributed by atoms with E-state index in [1.165, 1.54) is 0 Å². The Kier molecular flexibility index (Phi) is 3.14. The molecular weight excluding hydrogens is 254 g/mol. The summed E-state index contributed by atoms with van der Waals surface area (Å²) in [5.74, 6) is -1.11. The average molecular weight is 257 g/mol. The van der Waals surface area contributed by atoms with E-state index in [0.717, 1.165) is 12.1 Å². The Morgan fingerprint density at radius 2 is 1.93 bits per heavy atom. The summed E-state index contributed by atoms with van der Waals surface area (Å²) in [4.78, 5) is 9.90. The fourth-order valence-corrected chi connectivity index (χ4v) is 1.84. The van der Waals surface area contributed by atoms with Crippen LogP contribution >= 0.6 is 22.3 Å². The van der Waals surface area contributed by atoms with E-state index in [-0.39, 0.29) is 5.56 Å². The molecular formula is C7H3Cl2FO3S. The molecule has 0 radical (unpaired) electrons. The van der Waals surface area contributed by atoms with Crippen molar-refractivity contribution in [3.63, 3.8) is 0 Å². The van der Waals surface area contributed by atoms with E-state index in [2.05, 4.69) is 0 Å². The van der Waals surface area contributed by atoms with Crippen molar-refractivity contribution in [3.05, 3.63) is 29.6 Å². The molecule has 0 aliphatic heterocycles. The van der Waals surface area contributed by atoms with Gasteiger partial charge in [-0.25, -0.2) is 12.8 Å². The average Bonchev–Trinajstić information content (AvgIpc) is 2.01. The molecule has 0 aliphatic carbocycles. The van der Waals surface area contributed by atoms with Crippen LogP contribution in [0.2, 0.25) is 0 Å². The van der Waals surface area contributed by atoms with Crippen LogP contribution in [-0.4, -0.2) is 13.7 Å². The van der Waals surface area contributed by atoms with Crippen LogP contribution in [0.15, 0.2) is 23.1 Å². The molecule has 0 fully saturated rings. The standard InChI is InChI=1S/C7H3Cl2FO3S/c8-7(11)4-1-2-6(5(10)3-4)14(9,12)13/h1-3H. The lowest BCUT2D eigenvalue weighted by Crippen LogP contribution is -1.98.